The average molecular weight is 435 g/mol. The molecule has 0 bridgehead atoms. The molecular weight excluding hydrogens is 412 g/mol. The van der Waals surface area contributed by atoms with Crippen LogP contribution in [0.2, 0.25) is 0 Å². The number of hydrogen-bond donors (Lipinski definition) is 2. The number of halogens is 1. The summed E-state index contributed by atoms with van der Waals surface area (Å²) >= 11 is 5.03. The van der Waals surface area contributed by atoms with Crippen LogP contribution in [0.5, 0.6) is 0 Å². The van der Waals surface area contributed by atoms with E-state index in [0.717, 1.165) is 20.6 Å². The summed E-state index contributed by atoms with van der Waals surface area (Å²) in [7, 11) is 0. The molecule has 4 nitrogen and oxygen atoms in total. The lowest BCUT2D eigenvalue weighted by Gasteiger charge is -2.10. The van der Waals surface area contributed by atoms with Crippen molar-refractivity contribution in [1.82, 2.24) is 5.32 Å². The van der Waals surface area contributed by atoms with Gasteiger partial charge in [0.15, 0.2) is 0 Å². The van der Waals surface area contributed by atoms with Crippen molar-refractivity contribution in [2.24, 2.45) is 0 Å². The predicted octanol–water partition coefficient (Wildman–Crippen LogP) is 4.61. The number of nitrogens with one attached hydrogen (secondary N) is 2. The fourth-order valence-electron chi connectivity index (χ4n) is 2.29. The van der Waals surface area contributed by atoms with Gasteiger partial charge >= 0.3 is 0 Å². The standard InChI is InChI=1S/C20H23BrN2O2S/c1-13-4-6-17(11-14(13)2)26-9-8-19(24)22-12-20(25)23-18-7-5-16(21)10-15(18)3/h4-7,10-11H,8-9,12H2,1-3H3,(H,22,24)(H,23,25). The topological polar surface area (TPSA) is 58.2 Å². The average Bonchev–Trinajstić information content (AvgIpc) is 2.59. The molecule has 2 aromatic carbocycles. The third kappa shape index (κ3) is 6.50. The second-order valence-corrected chi connectivity index (χ2v) is 8.21. The van der Waals surface area contributed by atoms with Crippen LogP contribution in [0, 0.1) is 20.8 Å². The molecule has 26 heavy (non-hydrogen) atoms. The van der Waals surface area contributed by atoms with Crippen molar-refractivity contribution in [3.63, 3.8) is 0 Å². The molecule has 0 spiro atoms. The normalized spacial score (nSPS) is 10.5. The predicted molar refractivity (Wildman–Crippen MR) is 112 cm³/mol. The van der Waals surface area contributed by atoms with Crippen LogP contribution >= 0.6 is 27.7 Å². The Kier molecular flexibility index (Phi) is 7.72. The molecule has 2 amide bonds. The monoisotopic (exact) mass is 434 g/mol. The van der Waals surface area contributed by atoms with Crippen LogP contribution in [0.25, 0.3) is 0 Å². The number of thioether (sulfide) groups is 1. The molecule has 2 aromatic rings. The lowest BCUT2D eigenvalue weighted by molar-refractivity contribution is -0.123. The fraction of sp³-hybridized carbons (Fsp3) is 0.300. The second kappa shape index (κ2) is 9.78. The number of carbonyl (C=O) groups excluding carboxylic acids is 2. The van der Waals surface area contributed by atoms with Gasteiger partial charge in [-0.15, -0.1) is 11.8 Å². The molecule has 6 heteroatoms. The highest BCUT2D eigenvalue weighted by molar-refractivity contribution is 9.10. The maximum atomic E-state index is 12.0. The molecule has 2 N–H and O–H groups in total. The highest BCUT2D eigenvalue weighted by atomic mass is 79.9. The van der Waals surface area contributed by atoms with Gasteiger partial charge in [0.25, 0.3) is 0 Å². The minimum atomic E-state index is -0.231. The zero-order chi connectivity index (χ0) is 19.1. The number of amides is 2. The molecule has 0 saturated heterocycles. The third-order valence-electron chi connectivity index (χ3n) is 3.98. The molecule has 0 heterocycles. The molecule has 0 fully saturated rings. The Morgan fingerprint density at radius 2 is 1.73 bits per heavy atom. The van der Waals surface area contributed by atoms with Crippen molar-refractivity contribution in [1.29, 1.82) is 0 Å². The van der Waals surface area contributed by atoms with Crippen LogP contribution in [0.4, 0.5) is 5.69 Å². The fourth-order valence-corrected chi connectivity index (χ4v) is 3.72. The van der Waals surface area contributed by atoms with Crippen LogP contribution in [0.15, 0.2) is 45.8 Å². The Morgan fingerprint density at radius 3 is 2.42 bits per heavy atom. The Hall–Kier alpha value is -1.79. The minimum Gasteiger partial charge on any atom is -0.347 e. The van der Waals surface area contributed by atoms with Crippen molar-refractivity contribution >= 4 is 45.2 Å². The van der Waals surface area contributed by atoms with E-state index >= 15 is 0 Å². The van der Waals surface area contributed by atoms with Gasteiger partial charge in [0, 0.05) is 27.2 Å². The zero-order valence-electron chi connectivity index (χ0n) is 15.2. The molecule has 0 aromatic heterocycles. The number of anilines is 1. The van der Waals surface area contributed by atoms with Gasteiger partial charge in [-0.05, 0) is 67.8 Å². The van der Waals surface area contributed by atoms with E-state index in [1.807, 2.05) is 25.1 Å². The van der Waals surface area contributed by atoms with E-state index in [-0.39, 0.29) is 18.4 Å². The Morgan fingerprint density at radius 1 is 0.962 bits per heavy atom. The maximum absolute atomic E-state index is 12.0. The number of rotatable bonds is 7. The van der Waals surface area contributed by atoms with Crippen molar-refractivity contribution < 1.29 is 9.59 Å². The first-order chi connectivity index (χ1) is 12.3. The molecular formula is C20H23BrN2O2S. The first kappa shape index (κ1) is 20.5. The molecule has 0 atom stereocenters. The summed E-state index contributed by atoms with van der Waals surface area (Å²) in [6.45, 7) is 6.06. The Balaban J connectivity index is 1.70. The first-order valence-corrected chi connectivity index (χ1v) is 10.2. The molecule has 2 rings (SSSR count). The highest BCUT2D eigenvalue weighted by Gasteiger charge is 2.08. The van der Waals surface area contributed by atoms with E-state index in [2.05, 4.69) is 58.6 Å². The van der Waals surface area contributed by atoms with Crippen molar-refractivity contribution in [3.05, 3.63) is 57.6 Å². The smallest absolute Gasteiger partial charge is 0.243 e. The summed E-state index contributed by atoms with van der Waals surface area (Å²) in [6, 6.07) is 11.9. The highest BCUT2D eigenvalue weighted by Crippen LogP contribution is 2.22. The second-order valence-electron chi connectivity index (χ2n) is 6.13. The van der Waals surface area contributed by atoms with Gasteiger partial charge in [-0.25, -0.2) is 0 Å². The lowest BCUT2D eigenvalue weighted by atomic mass is 10.1. The van der Waals surface area contributed by atoms with E-state index < -0.39 is 0 Å². The number of hydrogen-bond acceptors (Lipinski definition) is 3. The van der Waals surface area contributed by atoms with E-state index in [4.69, 9.17) is 0 Å². The van der Waals surface area contributed by atoms with Gasteiger partial charge < -0.3 is 10.6 Å². The summed E-state index contributed by atoms with van der Waals surface area (Å²) < 4.78 is 0.961. The molecule has 0 radical (unpaired) electrons. The van der Waals surface area contributed by atoms with Crippen LogP contribution in [-0.4, -0.2) is 24.1 Å². The largest absolute Gasteiger partial charge is 0.347 e. The van der Waals surface area contributed by atoms with Crippen LogP contribution < -0.4 is 10.6 Å². The summed E-state index contributed by atoms with van der Waals surface area (Å²) in [5, 5.41) is 5.47. The summed E-state index contributed by atoms with van der Waals surface area (Å²) in [5.41, 5.74) is 4.22. The molecule has 0 aliphatic carbocycles. The maximum Gasteiger partial charge on any atom is 0.243 e. The van der Waals surface area contributed by atoms with Crippen LogP contribution in [0.3, 0.4) is 0 Å². The first-order valence-electron chi connectivity index (χ1n) is 8.38. The molecule has 138 valence electrons. The molecule has 0 saturated carbocycles. The van der Waals surface area contributed by atoms with Crippen LogP contribution in [-0.2, 0) is 9.59 Å². The Labute approximate surface area is 167 Å². The Bertz CT molecular complexity index is 808. The molecule has 0 aliphatic rings. The van der Waals surface area contributed by atoms with Gasteiger partial charge in [0.2, 0.25) is 11.8 Å². The van der Waals surface area contributed by atoms with Gasteiger partial charge in [-0.2, -0.15) is 0 Å². The summed E-state index contributed by atoms with van der Waals surface area (Å²) in [5.74, 6) is 0.330. The number of carbonyl (C=O) groups is 2. The summed E-state index contributed by atoms with van der Waals surface area (Å²) in [6.07, 6.45) is 0.377. The summed E-state index contributed by atoms with van der Waals surface area (Å²) in [4.78, 5) is 25.0. The van der Waals surface area contributed by atoms with Gasteiger partial charge in [-0.1, -0.05) is 22.0 Å². The molecule has 0 unspecified atom stereocenters. The van der Waals surface area contributed by atoms with Crippen molar-refractivity contribution in [2.45, 2.75) is 32.1 Å². The third-order valence-corrected chi connectivity index (χ3v) is 5.47. The van der Waals surface area contributed by atoms with Crippen LogP contribution in [0.1, 0.15) is 23.1 Å². The zero-order valence-corrected chi connectivity index (χ0v) is 17.6. The van der Waals surface area contributed by atoms with E-state index in [0.29, 0.717) is 12.2 Å². The van der Waals surface area contributed by atoms with Gasteiger partial charge in [0.05, 0.1) is 6.54 Å². The molecule has 0 aliphatic heterocycles. The van der Waals surface area contributed by atoms with E-state index in [9.17, 15) is 9.59 Å². The number of aryl methyl sites for hydroxylation is 3. The minimum absolute atomic E-state index is 0.0252. The van der Waals surface area contributed by atoms with Crippen molar-refractivity contribution in [3.8, 4) is 0 Å². The van der Waals surface area contributed by atoms with E-state index in [1.54, 1.807) is 11.8 Å². The quantitative estimate of drug-likeness (QED) is 0.625. The van der Waals surface area contributed by atoms with Gasteiger partial charge in [0.1, 0.15) is 0 Å². The lowest BCUT2D eigenvalue weighted by Crippen LogP contribution is -2.33. The number of benzene rings is 2. The van der Waals surface area contributed by atoms with Gasteiger partial charge in [-0.3, -0.25) is 9.59 Å². The van der Waals surface area contributed by atoms with Crippen molar-refractivity contribution in [2.75, 3.05) is 17.6 Å². The van der Waals surface area contributed by atoms with E-state index in [1.165, 1.54) is 11.1 Å². The SMILES string of the molecule is Cc1ccc(SCCC(=O)NCC(=O)Nc2ccc(Br)cc2C)cc1C.